The van der Waals surface area contributed by atoms with Gasteiger partial charge in [-0.1, -0.05) is 0 Å². The topological polar surface area (TPSA) is 85.4 Å². The highest BCUT2D eigenvalue weighted by molar-refractivity contribution is 7.91. The van der Waals surface area contributed by atoms with Crippen molar-refractivity contribution in [2.24, 2.45) is 0 Å². The van der Waals surface area contributed by atoms with Gasteiger partial charge in [0.2, 0.25) is 0 Å². The zero-order valence-electron chi connectivity index (χ0n) is 9.26. The van der Waals surface area contributed by atoms with Crippen LogP contribution in [-0.4, -0.2) is 38.3 Å². The summed E-state index contributed by atoms with van der Waals surface area (Å²) in [7, 11) is -3.32. The number of aromatic nitrogens is 1. The van der Waals surface area contributed by atoms with E-state index in [4.69, 9.17) is 4.74 Å². The van der Waals surface area contributed by atoms with E-state index in [1.165, 1.54) is 12.3 Å². The van der Waals surface area contributed by atoms with E-state index >= 15 is 0 Å². The van der Waals surface area contributed by atoms with Crippen molar-refractivity contribution in [3.8, 4) is 0 Å². The van der Waals surface area contributed by atoms with Crippen molar-refractivity contribution < 1.29 is 17.9 Å². The molecule has 0 atom stereocenters. The number of nitrogens with one attached hydrogen (secondary N) is 1. The van der Waals surface area contributed by atoms with E-state index in [0.29, 0.717) is 12.2 Å². The Hall–Kier alpha value is -1.63. The molecule has 0 bridgehead atoms. The number of sulfone groups is 1. The van der Waals surface area contributed by atoms with Gasteiger partial charge in [-0.15, -0.1) is 0 Å². The number of pyridine rings is 1. The van der Waals surface area contributed by atoms with Gasteiger partial charge in [0.25, 0.3) is 0 Å². The van der Waals surface area contributed by atoms with Gasteiger partial charge in [0.1, 0.15) is 0 Å². The molecule has 0 saturated carbocycles. The predicted molar refractivity (Wildman–Crippen MR) is 60.7 cm³/mol. The Morgan fingerprint density at radius 2 is 2.35 bits per heavy atom. The van der Waals surface area contributed by atoms with Crippen molar-refractivity contribution >= 4 is 21.5 Å². The summed E-state index contributed by atoms with van der Waals surface area (Å²) in [5.74, 6) is -0.487. The summed E-state index contributed by atoms with van der Waals surface area (Å²) in [5.41, 5.74) is 0.608. The molecule has 92 valence electrons. The molecule has 0 spiro atoms. The standard InChI is InChI=1S/C10H12N2O4S/c1-2-16-10(13)7-5-8-9(12-6-7)17(14,15)4-3-11-8/h5-6,11H,2-4H2,1H3. The van der Waals surface area contributed by atoms with Crippen LogP contribution in [0.4, 0.5) is 5.69 Å². The average molecular weight is 256 g/mol. The minimum Gasteiger partial charge on any atom is -0.462 e. The van der Waals surface area contributed by atoms with Crippen molar-refractivity contribution in [2.45, 2.75) is 11.9 Å². The minimum absolute atomic E-state index is 0.00296. The van der Waals surface area contributed by atoms with E-state index in [-0.39, 0.29) is 22.9 Å². The first-order valence-corrected chi connectivity index (χ1v) is 6.83. The van der Waals surface area contributed by atoms with Gasteiger partial charge in [0.05, 0.1) is 23.6 Å². The van der Waals surface area contributed by atoms with E-state index in [9.17, 15) is 13.2 Å². The van der Waals surface area contributed by atoms with Gasteiger partial charge in [-0.05, 0) is 13.0 Å². The zero-order valence-corrected chi connectivity index (χ0v) is 10.1. The van der Waals surface area contributed by atoms with Crippen molar-refractivity contribution in [2.75, 3.05) is 24.2 Å². The lowest BCUT2D eigenvalue weighted by molar-refractivity contribution is 0.0525. The molecule has 6 nitrogen and oxygen atoms in total. The van der Waals surface area contributed by atoms with Crippen molar-refractivity contribution in [3.05, 3.63) is 17.8 Å². The molecule has 0 fully saturated rings. The third-order valence-corrected chi connectivity index (χ3v) is 4.00. The highest BCUT2D eigenvalue weighted by Crippen LogP contribution is 2.24. The normalized spacial score (nSPS) is 16.8. The number of rotatable bonds is 2. The summed E-state index contributed by atoms with van der Waals surface area (Å²) in [4.78, 5) is 15.3. The number of carbonyl (C=O) groups excluding carboxylic acids is 1. The van der Waals surface area contributed by atoms with Crippen LogP contribution in [0, 0.1) is 0 Å². The summed E-state index contributed by atoms with van der Waals surface area (Å²) in [6, 6.07) is 1.46. The fraction of sp³-hybridized carbons (Fsp3) is 0.400. The number of anilines is 1. The van der Waals surface area contributed by atoms with E-state index in [1.54, 1.807) is 6.92 Å². The first-order chi connectivity index (χ1) is 8.04. The Morgan fingerprint density at radius 1 is 1.59 bits per heavy atom. The molecule has 17 heavy (non-hydrogen) atoms. The fourth-order valence-electron chi connectivity index (χ4n) is 1.57. The maximum atomic E-state index is 11.7. The second-order valence-corrected chi connectivity index (χ2v) is 5.57. The Balaban J connectivity index is 2.41. The monoisotopic (exact) mass is 256 g/mol. The van der Waals surface area contributed by atoms with Crippen LogP contribution < -0.4 is 5.32 Å². The molecule has 1 aromatic heterocycles. The van der Waals surface area contributed by atoms with E-state index in [0.717, 1.165) is 0 Å². The molecular formula is C10H12N2O4S. The van der Waals surface area contributed by atoms with Gasteiger partial charge in [-0.2, -0.15) is 0 Å². The van der Waals surface area contributed by atoms with Crippen LogP contribution in [-0.2, 0) is 14.6 Å². The van der Waals surface area contributed by atoms with Crippen molar-refractivity contribution in [3.63, 3.8) is 0 Å². The quantitative estimate of drug-likeness (QED) is 0.774. The molecule has 1 aromatic rings. The zero-order chi connectivity index (χ0) is 12.5. The molecule has 1 aliphatic rings. The largest absolute Gasteiger partial charge is 0.462 e. The summed E-state index contributed by atoms with van der Waals surface area (Å²) in [6.45, 7) is 2.29. The Labute approximate surface area is 98.9 Å². The fourth-order valence-corrected chi connectivity index (χ4v) is 2.81. The number of esters is 1. The molecule has 7 heteroatoms. The third kappa shape index (κ3) is 2.23. The number of nitrogens with zero attached hydrogens (tertiary/aromatic N) is 1. The number of fused-ring (bicyclic) bond motifs is 1. The SMILES string of the molecule is CCOC(=O)c1cnc2c(c1)NCCS2(=O)=O. The second kappa shape index (κ2) is 4.33. The molecule has 2 heterocycles. The van der Waals surface area contributed by atoms with Crippen LogP contribution in [0.2, 0.25) is 0 Å². The van der Waals surface area contributed by atoms with Gasteiger partial charge >= 0.3 is 5.97 Å². The van der Waals surface area contributed by atoms with Crippen molar-refractivity contribution in [1.82, 2.24) is 4.98 Å². The van der Waals surface area contributed by atoms with Gasteiger partial charge in [0.15, 0.2) is 14.9 Å². The molecule has 1 N–H and O–H groups in total. The van der Waals surface area contributed by atoms with Crippen LogP contribution in [0.25, 0.3) is 0 Å². The summed E-state index contributed by atoms with van der Waals surface area (Å²) >= 11 is 0. The van der Waals surface area contributed by atoms with Crippen LogP contribution >= 0.6 is 0 Å². The lowest BCUT2D eigenvalue weighted by Gasteiger charge is -2.17. The van der Waals surface area contributed by atoms with Crippen LogP contribution in [0.3, 0.4) is 0 Å². The lowest BCUT2D eigenvalue weighted by atomic mass is 10.2. The maximum absolute atomic E-state index is 11.7. The third-order valence-electron chi connectivity index (χ3n) is 2.34. The molecule has 0 amide bonds. The summed E-state index contributed by atoms with van der Waals surface area (Å²) in [5, 5.41) is 2.90. The first kappa shape index (κ1) is 11.8. The predicted octanol–water partition coefficient (Wildman–Crippen LogP) is 0.458. The Kier molecular flexibility index (Phi) is 3.01. The van der Waals surface area contributed by atoms with E-state index < -0.39 is 15.8 Å². The molecular weight excluding hydrogens is 244 g/mol. The van der Waals surface area contributed by atoms with E-state index in [2.05, 4.69) is 10.3 Å². The highest BCUT2D eigenvalue weighted by Gasteiger charge is 2.26. The van der Waals surface area contributed by atoms with Gasteiger partial charge in [0, 0.05) is 12.7 Å². The number of carbonyl (C=O) groups is 1. The number of hydrogen-bond donors (Lipinski definition) is 1. The van der Waals surface area contributed by atoms with Gasteiger partial charge < -0.3 is 10.1 Å². The smallest absolute Gasteiger partial charge is 0.339 e. The second-order valence-electron chi connectivity index (χ2n) is 3.54. The van der Waals surface area contributed by atoms with Crippen LogP contribution in [0.15, 0.2) is 17.3 Å². The minimum atomic E-state index is -3.32. The molecule has 0 aliphatic carbocycles. The number of hydrogen-bond acceptors (Lipinski definition) is 6. The first-order valence-electron chi connectivity index (χ1n) is 5.18. The van der Waals surface area contributed by atoms with Gasteiger partial charge in [-0.25, -0.2) is 18.2 Å². The molecule has 0 unspecified atom stereocenters. The van der Waals surface area contributed by atoms with Crippen LogP contribution in [0.1, 0.15) is 17.3 Å². The van der Waals surface area contributed by atoms with Crippen LogP contribution in [0.5, 0.6) is 0 Å². The number of ether oxygens (including phenoxy) is 1. The average Bonchev–Trinajstić information content (AvgIpc) is 2.28. The molecule has 1 aliphatic heterocycles. The molecule has 0 aromatic carbocycles. The Morgan fingerprint density at radius 3 is 3.06 bits per heavy atom. The van der Waals surface area contributed by atoms with E-state index in [1.807, 2.05) is 0 Å². The maximum Gasteiger partial charge on any atom is 0.339 e. The summed E-state index contributed by atoms with van der Waals surface area (Å²) < 4.78 is 28.1. The Bertz CT molecular complexity index is 553. The molecule has 0 radical (unpaired) electrons. The summed E-state index contributed by atoms with van der Waals surface area (Å²) in [6.07, 6.45) is 1.22. The van der Waals surface area contributed by atoms with Gasteiger partial charge in [-0.3, -0.25) is 0 Å². The molecule has 2 rings (SSSR count). The highest BCUT2D eigenvalue weighted by atomic mass is 32.2. The lowest BCUT2D eigenvalue weighted by Crippen LogP contribution is -2.25. The van der Waals surface area contributed by atoms with Crippen molar-refractivity contribution in [1.29, 1.82) is 0 Å². The molecule has 0 saturated heterocycles.